The summed E-state index contributed by atoms with van der Waals surface area (Å²) in [5.41, 5.74) is 2.84. The highest BCUT2D eigenvalue weighted by atomic mass is 19.1. The summed E-state index contributed by atoms with van der Waals surface area (Å²) >= 11 is 0. The lowest BCUT2D eigenvalue weighted by molar-refractivity contribution is 0.371. The molecule has 190 valence electrons. The number of benzene rings is 2. The van der Waals surface area contributed by atoms with Crippen molar-refractivity contribution in [3.8, 4) is 29.0 Å². The molecule has 0 unspecified atom stereocenters. The zero-order valence-electron chi connectivity index (χ0n) is 20.6. The van der Waals surface area contributed by atoms with Gasteiger partial charge in [0.05, 0.1) is 17.8 Å². The van der Waals surface area contributed by atoms with E-state index < -0.39 is 11.6 Å². The number of nitriles is 1. The minimum atomic E-state index is -0.637. The van der Waals surface area contributed by atoms with Crippen LogP contribution in [0.3, 0.4) is 0 Å². The first-order valence-electron chi connectivity index (χ1n) is 12.3. The fraction of sp³-hybridized carbons (Fsp3) is 0.250. The van der Waals surface area contributed by atoms with Crippen molar-refractivity contribution in [1.29, 1.82) is 5.26 Å². The van der Waals surface area contributed by atoms with Gasteiger partial charge in [-0.15, -0.1) is 0 Å². The molecule has 0 saturated carbocycles. The summed E-state index contributed by atoms with van der Waals surface area (Å²) in [4.78, 5) is 17.1. The fourth-order valence-electron chi connectivity index (χ4n) is 4.95. The van der Waals surface area contributed by atoms with E-state index in [0.717, 1.165) is 37.1 Å². The third-order valence-corrected chi connectivity index (χ3v) is 6.93. The minimum absolute atomic E-state index is 0.0993. The quantitative estimate of drug-likeness (QED) is 0.300. The Morgan fingerprint density at radius 2 is 1.82 bits per heavy atom. The van der Waals surface area contributed by atoms with Crippen LogP contribution >= 0.6 is 0 Å². The molecule has 4 heterocycles. The van der Waals surface area contributed by atoms with Crippen molar-refractivity contribution in [1.82, 2.24) is 24.6 Å². The first-order chi connectivity index (χ1) is 18.5. The van der Waals surface area contributed by atoms with Crippen LogP contribution in [0, 0.1) is 35.8 Å². The Hall–Kier alpha value is -4.65. The predicted octanol–water partition coefficient (Wildman–Crippen LogP) is 5.68. The second-order valence-corrected chi connectivity index (χ2v) is 9.41. The van der Waals surface area contributed by atoms with Gasteiger partial charge in [0.1, 0.15) is 34.7 Å². The van der Waals surface area contributed by atoms with Crippen LogP contribution in [0.4, 0.5) is 8.78 Å². The van der Waals surface area contributed by atoms with E-state index in [0.29, 0.717) is 28.8 Å². The molecule has 0 atom stereocenters. The maximum Gasteiger partial charge on any atom is 0.322 e. The Bertz CT molecular complexity index is 1700. The summed E-state index contributed by atoms with van der Waals surface area (Å²) < 4.78 is 38.1. The summed E-state index contributed by atoms with van der Waals surface area (Å²) in [6.07, 6.45) is 7.28. The number of rotatable bonds is 5. The maximum atomic E-state index is 15.3. The van der Waals surface area contributed by atoms with Crippen LogP contribution in [-0.2, 0) is 0 Å². The van der Waals surface area contributed by atoms with Gasteiger partial charge in [-0.3, -0.25) is 4.98 Å². The fourth-order valence-corrected chi connectivity index (χ4v) is 4.95. The Morgan fingerprint density at radius 1 is 1.00 bits per heavy atom. The molecule has 0 radical (unpaired) electrons. The van der Waals surface area contributed by atoms with E-state index in [1.165, 1.54) is 18.2 Å². The normalized spacial score (nSPS) is 14.2. The molecule has 3 aromatic heterocycles. The number of imidazole rings is 1. The lowest BCUT2D eigenvalue weighted by Crippen LogP contribution is -2.41. The van der Waals surface area contributed by atoms with E-state index >= 15 is 8.78 Å². The molecule has 1 saturated heterocycles. The molecule has 6 rings (SSSR count). The molecule has 0 aliphatic carbocycles. The smallest absolute Gasteiger partial charge is 0.322 e. The number of nitrogens with zero attached hydrogens (tertiary/aromatic N) is 7. The Kier molecular flexibility index (Phi) is 6.04. The average Bonchev–Trinajstić information content (AvgIpc) is 3.34. The first-order valence-corrected chi connectivity index (χ1v) is 12.3. The highest BCUT2D eigenvalue weighted by Gasteiger charge is 2.22. The molecule has 5 aromatic rings. The van der Waals surface area contributed by atoms with Crippen molar-refractivity contribution >= 4 is 21.9 Å². The predicted molar refractivity (Wildman–Crippen MR) is 138 cm³/mol. The number of piperidine rings is 1. The summed E-state index contributed by atoms with van der Waals surface area (Å²) in [5.74, 6) is -0.624. The number of hydrogen-bond donors (Lipinski definition) is 0. The SMILES string of the molecule is Cc1ccnc(Oc2ccc(-c3cc4c(cc3F)ncc3ncn(N5CCC(CC#N)CC5)c34)c(F)c2)n1. The van der Waals surface area contributed by atoms with Crippen LogP contribution in [0.1, 0.15) is 25.0 Å². The van der Waals surface area contributed by atoms with Crippen molar-refractivity contribution in [3.63, 3.8) is 0 Å². The molecule has 8 nitrogen and oxygen atoms in total. The van der Waals surface area contributed by atoms with Crippen LogP contribution in [-0.4, -0.2) is 37.7 Å². The van der Waals surface area contributed by atoms with E-state index in [4.69, 9.17) is 10.00 Å². The van der Waals surface area contributed by atoms with Gasteiger partial charge in [-0.05, 0) is 49.9 Å². The number of ether oxygens (including phenoxy) is 1. The number of aromatic nitrogens is 5. The van der Waals surface area contributed by atoms with E-state index in [2.05, 4.69) is 31.0 Å². The van der Waals surface area contributed by atoms with Gasteiger partial charge in [-0.25, -0.2) is 28.4 Å². The minimum Gasteiger partial charge on any atom is -0.424 e. The molecule has 0 spiro atoms. The van der Waals surface area contributed by atoms with Crippen molar-refractivity contribution in [3.05, 3.63) is 72.4 Å². The van der Waals surface area contributed by atoms with E-state index in [1.807, 2.05) is 4.68 Å². The monoisotopic (exact) mass is 511 g/mol. The Morgan fingerprint density at radius 3 is 2.58 bits per heavy atom. The third-order valence-electron chi connectivity index (χ3n) is 6.93. The third kappa shape index (κ3) is 4.36. The lowest BCUT2D eigenvalue weighted by atomic mass is 9.95. The lowest BCUT2D eigenvalue weighted by Gasteiger charge is -2.33. The van der Waals surface area contributed by atoms with Gasteiger partial charge in [-0.2, -0.15) is 5.26 Å². The molecule has 10 heteroatoms. The molecular formula is C28H23F2N7O. The Balaban J connectivity index is 1.38. The van der Waals surface area contributed by atoms with Gasteiger partial charge < -0.3 is 9.75 Å². The zero-order valence-corrected chi connectivity index (χ0v) is 20.6. The van der Waals surface area contributed by atoms with Crippen molar-refractivity contribution in [2.45, 2.75) is 26.2 Å². The van der Waals surface area contributed by atoms with Crippen molar-refractivity contribution in [2.24, 2.45) is 5.92 Å². The van der Waals surface area contributed by atoms with Crippen LogP contribution in [0.25, 0.3) is 33.1 Å². The molecule has 38 heavy (non-hydrogen) atoms. The molecule has 0 N–H and O–H groups in total. The topological polar surface area (TPSA) is 92.8 Å². The highest BCUT2D eigenvalue weighted by molar-refractivity contribution is 6.04. The van der Waals surface area contributed by atoms with E-state index in [-0.39, 0.29) is 22.9 Å². The molecule has 1 aliphatic rings. The molecule has 1 aliphatic heterocycles. The summed E-state index contributed by atoms with van der Waals surface area (Å²) in [5, 5.41) is 11.9. The van der Waals surface area contributed by atoms with Crippen LogP contribution in [0.5, 0.6) is 11.8 Å². The summed E-state index contributed by atoms with van der Waals surface area (Å²) in [6, 6.07) is 11.3. The van der Waals surface area contributed by atoms with Gasteiger partial charge in [0, 0.05) is 60.0 Å². The molecular weight excluding hydrogens is 488 g/mol. The number of fused-ring (bicyclic) bond motifs is 3. The number of halogens is 2. The van der Waals surface area contributed by atoms with Crippen molar-refractivity contribution in [2.75, 3.05) is 18.1 Å². The van der Waals surface area contributed by atoms with Gasteiger partial charge in [0.15, 0.2) is 0 Å². The van der Waals surface area contributed by atoms with Gasteiger partial charge in [-0.1, -0.05) is 0 Å². The van der Waals surface area contributed by atoms with Gasteiger partial charge >= 0.3 is 6.01 Å². The first kappa shape index (κ1) is 23.7. The largest absolute Gasteiger partial charge is 0.424 e. The van der Waals surface area contributed by atoms with E-state index in [1.54, 1.807) is 43.8 Å². The zero-order chi connectivity index (χ0) is 26.2. The average molecular weight is 512 g/mol. The second-order valence-electron chi connectivity index (χ2n) is 9.41. The van der Waals surface area contributed by atoms with Crippen molar-refractivity contribution < 1.29 is 13.5 Å². The van der Waals surface area contributed by atoms with Crippen LogP contribution < -0.4 is 9.75 Å². The standard InChI is InChI=1S/C28H23F2N7O/c1-17-5-9-32-28(35-17)38-19-2-3-20(23(29)12-19)21-13-22-25(14-24(21)30)33-15-26-27(22)37(16-34-26)36-10-6-18(4-8-31)7-11-36/h2-3,5,9,12-16,18H,4,6-7,10-11H2,1H3. The Labute approximate surface area is 217 Å². The van der Waals surface area contributed by atoms with Gasteiger partial charge in [0.25, 0.3) is 0 Å². The molecule has 0 amide bonds. The molecule has 1 fully saturated rings. The van der Waals surface area contributed by atoms with E-state index in [9.17, 15) is 0 Å². The van der Waals surface area contributed by atoms with Crippen LogP contribution in [0.2, 0.25) is 0 Å². The number of aryl methyl sites for hydroxylation is 1. The number of pyridine rings is 1. The highest BCUT2D eigenvalue weighted by Crippen LogP contribution is 2.34. The number of hydrogen-bond acceptors (Lipinski definition) is 7. The van der Waals surface area contributed by atoms with Gasteiger partial charge in [0.2, 0.25) is 0 Å². The second kappa shape index (κ2) is 9.67. The summed E-state index contributed by atoms with van der Waals surface area (Å²) in [6.45, 7) is 3.35. The molecule has 2 aromatic carbocycles. The molecule has 0 bridgehead atoms. The maximum absolute atomic E-state index is 15.3. The summed E-state index contributed by atoms with van der Waals surface area (Å²) in [7, 11) is 0. The van der Waals surface area contributed by atoms with Crippen LogP contribution in [0.15, 0.2) is 55.1 Å².